The highest BCUT2D eigenvalue weighted by Gasteiger charge is 2.29. The topological polar surface area (TPSA) is 38.1 Å². The Labute approximate surface area is 127 Å². The normalized spacial score (nSPS) is 14.8. The Kier molecular flexibility index (Phi) is 2.73. The number of benzene rings is 2. The molecule has 0 radical (unpaired) electrons. The van der Waals surface area contributed by atoms with Gasteiger partial charge in [-0.15, -0.1) is 0 Å². The number of aromatic hydroxyl groups is 1. The van der Waals surface area contributed by atoms with Gasteiger partial charge in [-0.3, -0.25) is 0 Å². The first kappa shape index (κ1) is 12.7. The number of hydrogen-bond donors (Lipinski definition) is 1. The van der Waals surface area contributed by atoms with Gasteiger partial charge in [-0.1, -0.05) is 23.7 Å². The number of rotatable bonds is 2. The Morgan fingerprint density at radius 2 is 2.05 bits per heavy atom. The Bertz CT molecular complexity index is 849. The highest BCUT2D eigenvalue weighted by Crippen LogP contribution is 2.42. The molecule has 1 heterocycles. The summed E-state index contributed by atoms with van der Waals surface area (Å²) in [6.45, 7) is 1.92. The van der Waals surface area contributed by atoms with Gasteiger partial charge in [0.2, 0.25) is 0 Å². The van der Waals surface area contributed by atoms with Crippen LogP contribution >= 0.6 is 11.6 Å². The van der Waals surface area contributed by atoms with Crippen molar-refractivity contribution in [3.8, 4) is 17.1 Å². The fourth-order valence-electron chi connectivity index (χ4n) is 2.83. The van der Waals surface area contributed by atoms with Gasteiger partial charge in [0.15, 0.2) is 0 Å². The van der Waals surface area contributed by atoms with Crippen LogP contribution in [0.4, 0.5) is 0 Å². The van der Waals surface area contributed by atoms with Crippen LogP contribution in [0.15, 0.2) is 36.4 Å². The molecule has 4 rings (SSSR count). The lowest BCUT2D eigenvalue weighted by atomic mass is 10.1. The van der Waals surface area contributed by atoms with E-state index < -0.39 is 0 Å². The predicted octanol–water partition coefficient (Wildman–Crippen LogP) is 4.71. The van der Waals surface area contributed by atoms with Gasteiger partial charge in [0.05, 0.1) is 11.0 Å². The lowest BCUT2D eigenvalue weighted by molar-refractivity contribution is 0.471. The number of fused-ring (bicyclic) bond motifs is 1. The maximum Gasteiger partial charge on any atom is 0.141 e. The van der Waals surface area contributed by atoms with Gasteiger partial charge in [0, 0.05) is 22.2 Å². The molecule has 0 bridgehead atoms. The molecule has 1 fully saturated rings. The molecule has 1 aliphatic carbocycles. The quantitative estimate of drug-likeness (QED) is 0.744. The number of phenols is 1. The molecule has 1 aromatic heterocycles. The van der Waals surface area contributed by atoms with E-state index in [1.807, 2.05) is 37.3 Å². The van der Waals surface area contributed by atoms with E-state index in [1.165, 1.54) is 12.8 Å². The molecule has 0 spiro atoms. The van der Waals surface area contributed by atoms with E-state index in [4.69, 9.17) is 16.6 Å². The van der Waals surface area contributed by atoms with E-state index in [-0.39, 0.29) is 0 Å². The molecule has 2 aromatic carbocycles. The number of hydrogen-bond acceptors (Lipinski definition) is 2. The van der Waals surface area contributed by atoms with Crippen molar-refractivity contribution in [1.82, 2.24) is 9.55 Å². The summed E-state index contributed by atoms with van der Waals surface area (Å²) in [5.74, 6) is 1.23. The van der Waals surface area contributed by atoms with Crippen LogP contribution in [0.3, 0.4) is 0 Å². The van der Waals surface area contributed by atoms with E-state index in [2.05, 4.69) is 4.57 Å². The zero-order chi connectivity index (χ0) is 14.6. The van der Waals surface area contributed by atoms with Crippen LogP contribution in [-0.4, -0.2) is 14.7 Å². The molecule has 0 aliphatic heterocycles. The molecule has 0 atom stereocenters. The molecule has 4 heteroatoms. The van der Waals surface area contributed by atoms with Gasteiger partial charge in [-0.25, -0.2) is 4.98 Å². The highest BCUT2D eigenvalue weighted by atomic mass is 35.5. The Morgan fingerprint density at radius 3 is 2.81 bits per heavy atom. The summed E-state index contributed by atoms with van der Waals surface area (Å²) in [5.41, 5.74) is 3.86. The fraction of sp³-hybridized carbons (Fsp3) is 0.235. The molecule has 3 nitrogen and oxygen atoms in total. The zero-order valence-corrected chi connectivity index (χ0v) is 12.4. The number of aromatic nitrogens is 2. The van der Waals surface area contributed by atoms with Crippen molar-refractivity contribution in [1.29, 1.82) is 0 Å². The summed E-state index contributed by atoms with van der Waals surface area (Å²) < 4.78 is 2.29. The first-order chi connectivity index (χ1) is 10.1. The summed E-state index contributed by atoms with van der Waals surface area (Å²) in [4.78, 5) is 4.77. The van der Waals surface area contributed by atoms with Gasteiger partial charge in [-0.2, -0.15) is 0 Å². The van der Waals surface area contributed by atoms with Crippen molar-refractivity contribution in [2.24, 2.45) is 0 Å². The van der Waals surface area contributed by atoms with Crippen molar-refractivity contribution in [3.05, 3.63) is 47.0 Å². The number of imidazole rings is 1. The molecule has 1 aliphatic rings. The van der Waals surface area contributed by atoms with E-state index in [0.29, 0.717) is 16.8 Å². The second-order valence-corrected chi connectivity index (χ2v) is 6.06. The Morgan fingerprint density at radius 1 is 1.24 bits per heavy atom. The maximum atomic E-state index is 9.97. The van der Waals surface area contributed by atoms with Crippen LogP contribution in [0.1, 0.15) is 24.4 Å². The highest BCUT2D eigenvalue weighted by molar-refractivity contribution is 6.31. The molecule has 0 amide bonds. The largest absolute Gasteiger partial charge is 0.508 e. The van der Waals surface area contributed by atoms with Crippen molar-refractivity contribution in [2.75, 3.05) is 0 Å². The summed E-state index contributed by atoms with van der Waals surface area (Å²) in [5, 5.41) is 10.7. The third kappa shape index (κ3) is 2.00. The molecule has 0 saturated heterocycles. The lowest BCUT2D eigenvalue weighted by Crippen LogP contribution is -1.98. The minimum Gasteiger partial charge on any atom is -0.508 e. The Hall–Kier alpha value is -2.00. The van der Waals surface area contributed by atoms with Crippen LogP contribution in [0.2, 0.25) is 5.02 Å². The van der Waals surface area contributed by atoms with E-state index in [9.17, 15) is 5.11 Å². The van der Waals surface area contributed by atoms with E-state index in [0.717, 1.165) is 28.0 Å². The van der Waals surface area contributed by atoms with Crippen LogP contribution in [0.25, 0.3) is 22.4 Å². The molecule has 3 aromatic rings. The molecule has 106 valence electrons. The first-order valence-electron chi connectivity index (χ1n) is 7.11. The second kappa shape index (κ2) is 4.50. The number of nitrogens with zero attached hydrogens (tertiary/aromatic N) is 2. The number of halogens is 1. The van der Waals surface area contributed by atoms with Gasteiger partial charge >= 0.3 is 0 Å². The lowest BCUT2D eigenvalue weighted by Gasteiger charge is -2.10. The minimum atomic E-state index is 0.305. The number of phenolic OH excluding ortho intramolecular Hbond substituents is 1. The first-order valence-corrected chi connectivity index (χ1v) is 7.49. The van der Waals surface area contributed by atoms with E-state index >= 15 is 0 Å². The van der Waals surface area contributed by atoms with Crippen LogP contribution < -0.4 is 0 Å². The third-order valence-corrected chi connectivity index (χ3v) is 4.34. The maximum absolute atomic E-state index is 9.97. The van der Waals surface area contributed by atoms with Crippen LogP contribution in [0.5, 0.6) is 5.75 Å². The van der Waals surface area contributed by atoms with E-state index in [1.54, 1.807) is 6.07 Å². The molecule has 1 saturated carbocycles. The Balaban J connectivity index is 2.03. The molecule has 0 unspecified atom stereocenters. The molecular formula is C17H15ClN2O. The minimum absolute atomic E-state index is 0.305. The third-order valence-electron chi connectivity index (χ3n) is 4.11. The smallest absolute Gasteiger partial charge is 0.141 e. The average Bonchev–Trinajstić information content (AvgIpc) is 3.23. The molecular weight excluding hydrogens is 284 g/mol. The van der Waals surface area contributed by atoms with Crippen molar-refractivity contribution < 1.29 is 5.11 Å². The van der Waals surface area contributed by atoms with Gasteiger partial charge < -0.3 is 9.67 Å². The summed E-state index contributed by atoms with van der Waals surface area (Å²) >= 11 is 6.09. The summed E-state index contributed by atoms with van der Waals surface area (Å²) in [6.07, 6.45) is 2.36. The monoisotopic (exact) mass is 298 g/mol. The standard InChI is InChI=1S/C17H15ClN2O/c1-10-13(3-2-4-16(10)21)17-19-14-9-11(18)5-8-15(14)20(17)12-6-7-12/h2-5,8-9,12,21H,6-7H2,1H3. The predicted molar refractivity (Wildman–Crippen MR) is 84.9 cm³/mol. The second-order valence-electron chi connectivity index (χ2n) is 5.62. The van der Waals surface area contributed by atoms with Gasteiger partial charge in [0.1, 0.15) is 11.6 Å². The van der Waals surface area contributed by atoms with Crippen LogP contribution in [0, 0.1) is 6.92 Å². The zero-order valence-electron chi connectivity index (χ0n) is 11.7. The van der Waals surface area contributed by atoms with Crippen molar-refractivity contribution in [2.45, 2.75) is 25.8 Å². The average molecular weight is 299 g/mol. The fourth-order valence-corrected chi connectivity index (χ4v) is 3.00. The molecule has 1 N–H and O–H groups in total. The van der Waals surface area contributed by atoms with Gasteiger partial charge in [0.25, 0.3) is 0 Å². The van der Waals surface area contributed by atoms with Gasteiger partial charge in [-0.05, 0) is 44.0 Å². The van der Waals surface area contributed by atoms with Crippen molar-refractivity contribution in [3.63, 3.8) is 0 Å². The molecule has 21 heavy (non-hydrogen) atoms. The SMILES string of the molecule is Cc1c(O)cccc1-c1nc2cc(Cl)ccc2n1C1CC1. The van der Waals surface area contributed by atoms with Crippen LogP contribution in [-0.2, 0) is 0 Å². The summed E-state index contributed by atoms with van der Waals surface area (Å²) in [6, 6.07) is 11.9. The summed E-state index contributed by atoms with van der Waals surface area (Å²) in [7, 11) is 0. The van der Waals surface area contributed by atoms with Crippen molar-refractivity contribution >= 4 is 22.6 Å².